The Hall–Kier alpha value is -5.21. The van der Waals surface area contributed by atoms with Crippen LogP contribution in [-0.4, -0.2) is 33.9 Å². The molecule has 4 aromatic rings. The highest BCUT2D eigenvalue weighted by Gasteiger charge is 2.34. The molecule has 9 nitrogen and oxygen atoms in total. The van der Waals surface area contributed by atoms with Gasteiger partial charge in [0.2, 0.25) is 5.95 Å². The first-order chi connectivity index (χ1) is 20.2. The summed E-state index contributed by atoms with van der Waals surface area (Å²) in [6.07, 6.45) is -6.73. The molecule has 2 aromatic carbocycles. The van der Waals surface area contributed by atoms with E-state index in [9.17, 15) is 35.9 Å². The second kappa shape index (κ2) is 10.9. The van der Waals surface area contributed by atoms with Crippen molar-refractivity contribution in [3.63, 3.8) is 0 Å². The van der Waals surface area contributed by atoms with Crippen molar-refractivity contribution in [2.45, 2.75) is 25.8 Å². The molecule has 1 aliphatic heterocycles. The molecule has 5 rings (SSSR count). The fraction of sp³-hybridized carbons (Fsp3) is 0.179. The second-order valence-electron chi connectivity index (χ2n) is 9.56. The lowest BCUT2D eigenvalue weighted by Gasteiger charge is -2.35. The van der Waals surface area contributed by atoms with Gasteiger partial charge in [0.1, 0.15) is 11.5 Å². The van der Waals surface area contributed by atoms with Crippen LogP contribution in [0.3, 0.4) is 0 Å². The smallest absolute Gasteiger partial charge is 0.323 e. The maximum Gasteiger partial charge on any atom is 0.433 e. The van der Waals surface area contributed by atoms with Crippen LogP contribution in [0.4, 0.5) is 60.0 Å². The number of nitrogens with zero attached hydrogens (tertiary/aromatic N) is 5. The molecule has 0 saturated heterocycles. The van der Waals surface area contributed by atoms with Crippen LogP contribution in [0, 0.1) is 6.92 Å². The van der Waals surface area contributed by atoms with Gasteiger partial charge >= 0.3 is 18.4 Å². The number of amides is 3. The summed E-state index contributed by atoms with van der Waals surface area (Å²) in [4.78, 5) is 40.7. The van der Waals surface area contributed by atoms with Gasteiger partial charge in [-0.25, -0.2) is 14.8 Å². The molecule has 0 atom stereocenters. The third-order valence-electron chi connectivity index (χ3n) is 6.53. The van der Waals surface area contributed by atoms with E-state index in [1.807, 2.05) is 0 Å². The lowest BCUT2D eigenvalue weighted by molar-refractivity contribution is -0.141. The Labute approximate surface area is 240 Å². The molecule has 0 aliphatic carbocycles. The summed E-state index contributed by atoms with van der Waals surface area (Å²) in [5, 5.41) is 5.34. The van der Waals surface area contributed by atoms with Crippen LogP contribution in [0.5, 0.6) is 0 Å². The molecule has 222 valence electrons. The number of urea groups is 1. The molecule has 2 N–H and O–H groups in total. The second-order valence-corrected chi connectivity index (χ2v) is 9.56. The van der Waals surface area contributed by atoms with E-state index >= 15 is 0 Å². The standard InChI is InChI=1S/C28H21F6N7O2/c1-15-6-7-19(37-24(42)16-4-3-5-18(10-16)27(29,30)31)11-21(15)41-14-17-12-36-25(39-23(17)40(2)26(41)43)38-20-8-9-22(35-13-20)28(32,33)34/h3-13H,14H2,1-2H3,(H,37,42)(H,36,38,39). The lowest BCUT2D eigenvalue weighted by Crippen LogP contribution is -2.46. The van der Waals surface area contributed by atoms with Crippen molar-refractivity contribution in [3.8, 4) is 0 Å². The summed E-state index contributed by atoms with van der Waals surface area (Å²) in [5.41, 5.74) is -0.0708. The molecule has 3 amide bonds. The van der Waals surface area contributed by atoms with Crippen LogP contribution in [-0.2, 0) is 18.9 Å². The fourth-order valence-electron chi connectivity index (χ4n) is 4.34. The van der Waals surface area contributed by atoms with Crippen LogP contribution < -0.4 is 20.4 Å². The molecule has 3 heterocycles. The number of benzene rings is 2. The number of nitrogens with one attached hydrogen (secondary N) is 2. The minimum atomic E-state index is -4.61. The van der Waals surface area contributed by atoms with Gasteiger partial charge in [0.15, 0.2) is 0 Å². The number of rotatable bonds is 5. The topological polar surface area (TPSA) is 103 Å². The highest BCUT2D eigenvalue weighted by molar-refractivity contribution is 6.07. The molecule has 0 unspecified atom stereocenters. The average molecular weight is 602 g/mol. The van der Waals surface area contributed by atoms with Gasteiger partial charge in [-0.3, -0.25) is 14.6 Å². The quantitative estimate of drug-likeness (QED) is 0.244. The largest absolute Gasteiger partial charge is 0.433 e. The number of hydrogen-bond acceptors (Lipinski definition) is 6. The zero-order chi connectivity index (χ0) is 31.1. The Morgan fingerprint density at radius 1 is 0.907 bits per heavy atom. The van der Waals surface area contributed by atoms with E-state index in [4.69, 9.17) is 0 Å². The van der Waals surface area contributed by atoms with Crippen LogP contribution in [0.1, 0.15) is 32.7 Å². The third kappa shape index (κ3) is 6.19. The van der Waals surface area contributed by atoms with Crippen molar-refractivity contribution in [3.05, 3.63) is 94.9 Å². The Balaban J connectivity index is 1.35. The van der Waals surface area contributed by atoms with Gasteiger partial charge in [0.05, 0.1) is 29.7 Å². The summed E-state index contributed by atoms with van der Waals surface area (Å²) in [6.45, 7) is 1.80. The van der Waals surface area contributed by atoms with Crippen LogP contribution in [0.2, 0.25) is 0 Å². The first-order valence-electron chi connectivity index (χ1n) is 12.5. The van der Waals surface area contributed by atoms with Crippen LogP contribution >= 0.6 is 0 Å². The molecular weight excluding hydrogens is 580 g/mol. The number of aryl methyl sites for hydroxylation is 1. The fourth-order valence-corrected chi connectivity index (χ4v) is 4.34. The highest BCUT2D eigenvalue weighted by Crippen LogP contribution is 2.34. The van der Waals surface area contributed by atoms with Gasteiger partial charge in [-0.1, -0.05) is 12.1 Å². The van der Waals surface area contributed by atoms with Gasteiger partial charge in [-0.2, -0.15) is 31.3 Å². The zero-order valence-corrected chi connectivity index (χ0v) is 22.4. The van der Waals surface area contributed by atoms with Crippen molar-refractivity contribution in [1.82, 2.24) is 15.0 Å². The van der Waals surface area contributed by atoms with Crippen molar-refractivity contribution in [2.75, 3.05) is 27.5 Å². The van der Waals surface area contributed by atoms with Gasteiger partial charge in [-0.15, -0.1) is 0 Å². The summed E-state index contributed by atoms with van der Waals surface area (Å²) in [5.74, 6) is -0.459. The Kier molecular flexibility index (Phi) is 7.42. The predicted octanol–water partition coefficient (Wildman–Crippen LogP) is 6.79. The highest BCUT2D eigenvalue weighted by atomic mass is 19.4. The molecule has 1 aliphatic rings. The first-order valence-corrected chi connectivity index (χ1v) is 12.5. The number of alkyl halides is 6. The maximum absolute atomic E-state index is 13.4. The molecule has 0 bridgehead atoms. The molecule has 15 heteroatoms. The molecule has 43 heavy (non-hydrogen) atoms. The maximum atomic E-state index is 13.4. The summed E-state index contributed by atoms with van der Waals surface area (Å²) >= 11 is 0. The number of hydrogen-bond donors (Lipinski definition) is 2. The van der Waals surface area contributed by atoms with Crippen LogP contribution in [0.15, 0.2) is 67.0 Å². The SMILES string of the molecule is Cc1ccc(NC(=O)c2cccc(C(F)(F)F)c2)cc1N1Cc2cnc(Nc3ccc(C(F)(F)F)nc3)nc2N(C)C1=O. The summed E-state index contributed by atoms with van der Waals surface area (Å²) in [6, 6.07) is 10.3. The van der Waals surface area contributed by atoms with Gasteiger partial charge < -0.3 is 10.6 Å². The predicted molar refractivity (Wildman–Crippen MR) is 145 cm³/mol. The van der Waals surface area contributed by atoms with Crippen molar-refractivity contribution < 1.29 is 35.9 Å². The van der Waals surface area contributed by atoms with Gasteiger partial charge in [0, 0.05) is 30.1 Å². The van der Waals surface area contributed by atoms with Gasteiger partial charge in [-0.05, 0) is 55.0 Å². The van der Waals surface area contributed by atoms with E-state index in [1.165, 1.54) is 41.2 Å². The number of aromatic nitrogens is 3. The van der Waals surface area contributed by atoms with Crippen molar-refractivity contribution >= 4 is 40.8 Å². The molecular formula is C28H21F6N7O2. The number of fused-ring (bicyclic) bond motifs is 1. The number of pyridine rings is 1. The normalized spacial score (nSPS) is 13.5. The molecule has 0 saturated carbocycles. The number of anilines is 5. The summed E-state index contributed by atoms with van der Waals surface area (Å²) < 4.78 is 77.6. The van der Waals surface area contributed by atoms with E-state index in [2.05, 4.69) is 25.6 Å². The van der Waals surface area contributed by atoms with Crippen molar-refractivity contribution in [2.24, 2.45) is 0 Å². The van der Waals surface area contributed by atoms with Crippen molar-refractivity contribution in [1.29, 1.82) is 0 Å². The zero-order valence-electron chi connectivity index (χ0n) is 22.4. The Morgan fingerprint density at radius 2 is 1.65 bits per heavy atom. The van der Waals surface area contributed by atoms with E-state index in [0.29, 0.717) is 16.8 Å². The first kappa shape index (κ1) is 29.3. The van der Waals surface area contributed by atoms with E-state index in [1.54, 1.807) is 19.1 Å². The number of halogens is 6. The van der Waals surface area contributed by atoms with E-state index in [-0.39, 0.29) is 35.2 Å². The molecule has 0 radical (unpaired) electrons. The molecule has 0 fully saturated rings. The number of carbonyl (C=O) groups excluding carboxylic acids is 2. The molecule has 0 spiro atoms. The average Bonchev–Trinajstić information content (AvgIpc) is 2.96. The van der Waals surface area contributed by atoms with Crippen LogP contribution in [0.25, 0.3) is 0 Å². The van der Waals surface area contributed by atoms with Gasteiger partial charge in [0.25, 0.3) is 5.91 Å². The Bertz CT molecular complexity index is 1710. The molecule has 2 aromatic heterocycles. The monoisotopic (exact) mass is 601 g/mol. The van der Waals surface area contributed by atoms with E-state index in [0.717, 1.165) is 30.5 Å². The summed E-state index contributed by atoms with van der Waals surface area (Å²) in [7, 11) is 1.48. The lowest BCUT2D eigenvalue weighted by atomic mass is 10.1. The minimum Gasteiger partial charge on any atom is -0.323 e. The number of carbonyl (C=O) groups is 2. The Morgan fingerprint density at radius 3 is 2.33 bits per heavy atom. The minimum absolute atomic E-state index is 0.0314. The van der Waals surface area contributed by atoms with E-state index < -0.39 is 35.5 Å². The third-order valence-corrected chi connectivity index (χ3v) is 6.53.